The molecule has 9 nitrogen and oxygen atoms in total. The number of carbonyl (C=O) groups is 1. The lowest BCUT2D eigenvalue weighted by atomic mass is 9.84. The molecule has 0 fully saturated rings. The molecule has 6 rings (SSSR count). The summed E-state index contributed by atoms with van der Waals surface area (Å²) in [6, 6.07) is 13.6. The standard InChI is InChI=1S/C29H29N5O4S/c1-16-13-34(15-23-25(38-16)6-7-26(35)30-23)14-20-11-19(10-18-8-9-39-29(18)20)22(12-27(36)37)21-4-5-24-28(17(21)2)31-32-33(24)3/h4-11,16,22H,12-15H2,1-3H3,(H,30,35)(H,36,37)/t16-,22?/m1/s1. The third-order valence-electron chi connectivity index (χ3n) is 7.46. The number of aromatic amines is 1. The van der Waals surface area contributed by atoms with Gasteiger partial charge in [0.2, 0.25) is 5.56 Å². The van der Waals surface area contributed by atoms with Gasteiger partial charge >= 0.3 is 5.97 Å². The summed E-state index contributed by atoms with van der Waals surface area (Å²) in [4.78, 5) is 29.3. The molecule has 4 heterocycles. The minimum absolute atomic E-state index is 0.0368. The fraction of sp³-hybridized carbons (Fsp3) is 0.310. The van der Waals surface area contributed by atoms with Gasteiger partial charge in [0.15, 0.2) is 0 Å². The lowest BCUT2D eigenvalue weighted by molar-refractivity contribution is -0.137. The zero-order chi connectivity index (χ0) is 27.3. The van der Waals surface area contributed by atoms with Crippen molar-refractivity contribution >= 4 is 38.4 Å². The molecule has 2 N–H and O–H groups in total. The molecule has 1 aliphatic heterocycles. The van der Waals surface area contributed by atoms with E-state index in [1.807, 2.05) is 33.0 Å². The van der Waals surface area contributed by atoms with E-state index in [1.54, 1.807) is 22.1 Å². The van der Waals surface area contributed by atoms with E-state index in [0.29, 0.717) is 25.4 Å². The Morgan fingerprint density at radius 3 is 2.92 bits per heavy atom. The van der Waals surface area contributed by atoms with Gasteiger partial charge in [-0.25, -0.2) is 4.68 Å². The highest BCUT2D eigenvalue weighted by atomic mass is 32.1. The SMILES string of the molecule is Cc1c(C(CC(=O)O)c2cc(CN3Cc4[nH]c(=O)ccc4O[C@H](C)C3)c3sccc3c2)ccc2c1nnn2C. The van der Waals surface area contributed by atoms with Crippen LogP contribution < -0.4 is 10.3 Å². The Hall–Kier alpha value is -4.02. The first-order chi connectivity index (χ1) is 18.8. The number of aryl methyl sites for hydroxylation is 2. The van der Waals surface area contributed by atoms with Gasteiger partial charge in [-0.2, -0.15) is 0 Å². The van der Waals surface area contributed by atoms with E-state index in [0.717, 1.165) is 44.4 Å². The molecule has 2 atom stereocenters. The van der Waals surface area contributed by atoms with Crippen molar-refractivity contribution in [3.8, 4) is 5.75 Å². The van der Waals surface area contributed by atoms with Crippen LogP contribution in [0.15, 0.2) is 52.6 Å². The summed E-state index contributed by atoms with van der Waals surface area (Å²) in [5.41, 5.74) is 6.27. The molecule has 0 saturated heterocycles. The number of nitrogens with one attached hydrogen (secondary N) is 1. The van der Waals surface area contributed by atoms with Crippen LogP contribution in [0.1, 0.15) is 47.2 Å². The summed E-state index contributed by atoms with van der Waals surface area (Å²) >= 11 is 1.68. The molecule has 0 saturated carbocycles. The van der Waals surface area contributed by atoms with E-state index in [-0.39, 0.29) is 24.0 Å². The highest BCUT2D eigenvalue weighted by molar-refractivity contribution is 7.17. The van der Waals surface area contributed by atoms with Gasteiger partial charge in [-0.15, -0.1) is 16.4 Å². The average Bonchev–Trinajstić information content (AvgIpc) is 3.48. The van der Waals surface area contributed by atoms with E-state index in [2.05, 4.69) is 43.8 Å². The van der Waals surface area contributed by atoms with Gasteiger partial charge in [0.05, 0.1) is 17.6 Å². The van der Waals surface area contributed by atoms with Crippen molar-refractivity contribution in [2.24, 2.45) is 7.05 Å². The van der Waals surface area contributed by atoms with Crippen molar-refractivity contribution in [1.82, 2.24) is 24.9 Å². The smallest absolute Gasteiger partial charge is 0.304 e. The van der Waals surface area contributed by atoms with Crippen molar-refractivity contribution in [3.63, 3.8) is 0 Å². The highest BCUT2D eigenvalue weighted by Crippen LogP contribution is 2.37. The molecule has 0 aliphatic carbocycles. The molecule has 200 valence electrons. The quantitative estimate of drug-likeness (QED) is 0.323. The number of nitrogens with zero attached hydrogens (tertiary/aromatic N) is 4. The topological polar surface area (TPSA) is 113 Å². The molecule has 0 bridgehead atoms. The highest BCUT2D eigenvalue weighted by Gasteiger charge is 2.25. The first kappa shape index (κ1) is 25.3. The molecule has 0 spiro atoms. The van der Waals surface area contributed by atoms with Gasteiger partial charge in [-0.05, 0) is 71.1 Å². The number of aromatic nitrogens is 4. The summed E-state index contributed by atoms with van der Waals surface area (Å²) in [7, 11) is 1.85. The van der Waals surface area contributed by atoms with Gasteiger partial charge in [0.1, 0.15) is 17.4 Å². The fourth-order valence-electron chi connectivity index (χ4n) is 5.71. The van der Waals surface area contributed by atoms with Crippen LogP contribution in [0, 0.1) is 6.92 Å². The number of H-pyrrole nitrogens is 1. The third kappa shape index (κ3) is 4.81. The predicted molar refractivity (Wildman–Crippen MR) is 150 cm³/mol. The summed E-state index contributed by atoms with van der Waals surface area (Å²) in [5.74, 6) is -0.499. The van der Waals surface area contributed by atoms with Crippen LogP contribution in [-0.2, 0) is 24.9 Å². The number of carboxylic acid groups (broad SMARTS) is 1. The largest absolute Gasteiger partial charge is 0.488 e. The molecule has 39 heavy (non-hydrogen) atoms. The zero-order valence-corrected chi connectivity index (χ0v) is 22.8. The number of pyridine rings is 1. The summed E-state index contributed by atoms with van der Waals surface area (Å²) < 4.78 is 8.98. The Kier molecular flexibility index (Phi) is 6.44. The van der Waals surface area contributed by atoms with Gasteiger partial charge in [-0.1, -0.05) is 17.3 Å². The second-order valence-electron chi connectivity index (χ2n) is 10.3. The Labute approximate surface area is 228 Å². The summed E-state index contributed by atoms with van der Waals surface area (Å²) in [5, 5.41) is 21.6. The lowest BCUT2D eigenvalue weighted by Gasteiger charge is -2.24. The van der Waals surface area contributed by atoms with Crippen molar-refractivity contribution in [3.05, 3.63) is 86.1 Å². The fourth-order valence-corrected chi connectivity index (χ4v) is 6.60. The van der Waals surface area contributed by atoms with Gasteiger partial charge in [0.25, 0.3) is 0 Å². The molecule has 10 heteroatoms. The number of benzene rings is 2. The molecule has 1 unspecified atom stereocenters. The molecule has 0 radical (unpaired) electrons. The van der Waals surface area contributed by atoms with Gasteiger partial charge in [0, 0.05) is 43.4 Å². The lowest BCUT2D eigenvalue weighted by Crippen LogP contribution is -2.30. The Bertz CT molecular complexity index is 1770. The molecule has 1 aliphatic rings. The normalized spacial score (nSPS) is 16.6. The molecule has 5 aromatic rings. The molecular formula is C29H29N5O4S. The summed E-state index contributed by atoms with van der Waals surface area (Å²) in [6.07, 6.45) is -0.0921. The van der Waals surface area contributed by atoms with Crippen LogP contribution in [0.5, 0.6) is 5.75 Å². The summed E-state index contributed by atoms with van der Waals surface area (Å²) in [6.45, 7) is 5.89. The second-order valence-corrected chi connectivity index (χ2v) is 11.2. The first-order valence-electron chi connectivity index (χ1n) is 12.9. The van der Waals surface area contributed by atoms with E-state index in [1.165, 1.54) is 10.8 Å². The average molecular weight is 544 g/mol. The van der Waals surface area contributed by atoms with E-state index in [4.69, 9.17) is 4.74 Å². The number of aliphatic carboxylic acids is 1. The van der Waals surface area contributed by atoms with Crippen molar-refractivity contribution in [2.45, 2.75) is 45.4 Å². The molecule has 3 aromatic heterocycles. The Morgan fingerprint density at radius 2 is 2.10 bits per heavy atom. The molecule has 2 aromatic carbocycles. The van der Waals surface area contributed by atoms with Gasteiger partial charge < -0.3 is 14.8 Å². The van der Waals surface area contributed by atoms with Gasteiger partial charge in [-0.3, -0.25) is 14.5 Å². The van der Waals surface area contributed by atoms with Crippen LogP contribution >= 0.6 is 11.3 Å². The predicted octanol–water partition coefficient (Wildman–Crippen LogP) is 4.57. The molecular weight excluding hydrogens is 514 g/mol. The number of hydrogen-bond donors (Lipinski definition) is 2. The Morgan fingerprint density at radius 1 is 1.26 bits per heavy atom. The van der Waals surface area contributed by atoms with Crippen LogP contribution in [0.4, 0.5) is 0 Å². The van der Waals surface area contributed by atoms with E-state index >= 15 is 0 Å². The van der Waals surface area contributed by atoms with E-state index < -0.39 is 5.97 Å². The van der Waals surface area contributed by atoms with Crippen LogP contribution in [-0.4, -0.2) is 48.6 Å². The number of fused-ring (bicyclic) bond motifs is 3. The third-order valence-corrected chi connectivity index (χ3v) is 8.47. The van der Waals surface area contributed by atoms with Crippen LogP contribution in [0.25, 0.3) is 21.1 Å². The van der Waals surface area contributed by atoms with Crippen LogP contribution in [0.2, 0.25) is 0 Å². The minimum atomic E-state index is -0.857. The maximum Gasteiger partial charge on any atom is 0.304 e. The second kappa shape index (κ2) is 9.94. The maximum atomic E-state index is 12.1. The number of thiophene rings is 1. The van der Waals surface area contributed by atoms with Crippen molar-refractivity contribution < 1.29 is 14.6 Å². The zero-order valence-electron chi connectivity index (χ0n) is 22.0. The maximum absolute atomic E-state index is 12.1. The minimum Gasteiger partial charge on any atom is -0.488 e. The van der Waals surface area contributed by atoms with Crippen molar-refractivity contribution in [2.75, 3.05) is 6.54 Å². The number of ether oxygens (including phenoxy) is 1. The monoisotopic (exact) mass is 543 g/mol. The van der Waals surface area contributed by atoms with Crippen LogP contribution in [0.3, 0.4) is 0 Å². The first-order valence-corrected chi connectivity index (χ1v) is 13.8. The number of hydrogen-bond acceptors (Lipinski definition) is 7. The van der Waals surface area contributed by atoms with E-state index in [9.17, 15) is 14.7 Å². The van der Waals surface area contributed by atoms with Crippen molar-refractivity contribution in [1.29, 1.82) is 0 Å². The number of rotatable bonds is 6. The molecule has 0 amide bonds. The Balaban J connectivity index is 1.42. The number of carboxylic acids is 1.